The van der Waals surface area contributed by atoms with Gasteiger partial charge in [-0.15, -0.1) is 0 Å². The number of imidazole rings is 1. The van der Waals surface area contributed by atoms with Crippen LogP contribution < -0.4 is 0 Å². The minimum atomic E-state index is -0.514. The van der Waals surface area contributed by atoms with Crippen molar-refractivity contribution in [2.75, 3.05) is 6.54 Å². The first-order chi connectivity index (χ1) is 8.22. The van der Waals surface area contributed by atoms with E-state index in [9.17, 15) is 9.90 Å². The summed E-state index contributed by atoms with van der Waals surface area (Å²) in [6, 6.07) is 3.88. The van der Waals surface area contributed by atoms with Gasteiger partial charge in [0.2, 0.25) is 5.91 Å². The Balaban J connectivity index is 1.82. The Hall–Kier alpha value is -1.88. The molecule has 5 nitrogen and oxygen atoms in total. The Labute approximate surface area is 98.3 Å². The summed E-state index contributed by atoms with van der Waals surface area (Å²) in [6.07, 6.45) is 5.30. The van der Waals surface area contributed by atoms with Crippen LogP contribution in [0.5, 0.6) is 0 Å². The molecule has 1 fully saturated rings. The van der Waals surface area contributed by atoms with Crippen LogP contribution >= 0.6 is 0 Å². The first kappa shape index (κ1) is 10.3. The molecule has 1 atom stereocenters. The maximum absolute atomic E-state index is 11.5. The van der Waals surface area contributed by atoms with Crippen LogP contribution in [0.4, 0.5) is 0 Å². The molecule has 2 aromatic rings. The molecule has 0 aromatic carbocycles. The molecular weight excluding hydrogens is 218 g/mol. The van der Waals surface area contributed by atoms with Crippen molar-refractivity contribution in [1.82, 2.24) is 14.3 Å². The highest BCUT2D eigenvalue weighted by Gasteiger charge is 2.27. The third kappa shape index (κ3) is 1.89. The second-order valence-corrected chi connectivity index (χ2v) is 4.36. The van der Waals surface area contributed by atoms with Gasteiger partial charge in [0, 0.05) is 31.7 Å². The Morgan fingerprint density at radius 2 is 2.35 bits per heavy atom. The predicted molar refractivity (Wildman–Crippen MR) is 61.2 cm³/mol. The fourth-order valence-electron chi connectivity index (χ4n) is 2.18. The number of aromatic nitrogens is 2. The van der Waals surface area contributed by atoms with E-state index in [0.717, 1.165) is 11.2 Å². The van der Waals surface area contributed by atoms with E-state index < -0.39 is 6.10 Å². The van der Waals surface area contributed by atoms with E-state index in [1.807, 2.05) is 28.9 Å². The molecule has 0 spiro atoms. The summed E-state index contributed by atoms with van der Waals surface area (Å²) in [5, 5.41) is 9.41. The van der Waals surface area contributed by atoms with E-state index in [1.54, 1.807) is 11.1 Å². The first-order valence-electron chi connectivity index (χ1n) is 5.60. The first-order valence-corrected chi connectivity index (χ1v) is 5.60. The number of carbonyl (C=O) groups excluding carboxylic acids is 1. The van der Waals surface area contributed by atoms with Crippen molar-refractivity contribution in [2.45, 2.75) is 19.1 Å². The van der Waals surface area contributed by atoms with Crippen LogP contribution in [0.25, 0.3) is 5.65 Å². The fraction of sp³-hybridized carbons (Fsp3) is 0.333. The van der Waals surface area contributed by atoms with Gasteiger partial charge in [0.05, 0.1) is 12.5 Å². The predicted octanol–water partition coefficient (Wildman–Crippen LogP) is 0.427. The maximum atomic E-state index is 11.5. The third-order valence-electron chi connectivity index (χ3n) is 3.02. The van der Waals surface area contributed by atoms with Crippen molar-refractivity contribution >= 4 is 11.6 Å². The normalized spacial score (nSPS) is 20.4. The van der Waals surface area contributed by atoms with Crippen LogP contribution in [0.1, 0.15) is 12.0 Å². The zero-order chi connectivity index (χ0) is 11.8. The Bertz CT molecular complexity index is 564. The summed E-state index contributed by atoms with van der Waals surface area (Å²) in [6.45, 7) is 0.977. The quantitative estimate of drug-likeness (QED) is 0.815. The van der Waals surface area contributed by atoms with Crippen molar-refractivity contribution in [1.29, 1.82) is 0 Å². The van der Waals surface area contributed by atoms with E-state index in [0.29, 0.717) is 13.1 Å². The molecule has 1 unspecified atom stereocenters. The topological polar surface area (TPSA) is 57.8 Å². The number of nitrogens with zero attached hydrogens (tertiary/aromatic N) is 3. The lowest BCUT2D eigenvalue weighted by Gasteiger charge is -2.15. The van der Waals surface area contributed by atoms with Crippen molar-refractivity contribution in [2.24, 2.45) is 0 Å². The fourth-order valence-corrected chi connectivity index (χ4v) is 2.18. The number of aliphatic hydroxyl groups excluding tert-OH is 1. The van der Waals surface area contributed by atoms with Gasteiger partial charge < -0.3 is 14.4 Å². The van der Waals surface area contributed by atoms with Gasteiger partial charge >= 0.3 is 0 Å². The van der Waals surface area contributed by atoms with E-state index in [1.165, 1.54) is 0 Å². The molecule has 0 saturated carbocycles. The summed E-state index contributed by atoms with van der Waals surface area (Å²) in [7, 11) is 0. The van der Waals surface area contributed by atoms with Gasteiger partial charge in [-0.2, -0.15) is 0 Å². The van der Waals surface area contributed by atoms with E-state index in [4.69, 9.17) is 0 Å². The lowest BCUT2D eigenvalue weighted by Crippen LogP contribution is -2.25. The Kier molecular flexibility index (Phi) is 2.33. The number of amides is 1. The minimum Gasteiger partial charge on any atom is -0.391 e. The van der Waals surface area contributed by atoms with Crippen molar-refractivity contribution in [3.63, 3.8) is 0 Å². The third-order valence-corrected chi connectivity index (χ3v) is 3.02. The van der Waals surface area contributed by atoms with Gasteiger partial charge in [-0.3, -0.25) is 4.79 Å². The monoisotopic (exact) mass is 231 g/mol. The molecule has 0 bridgehead atoms. The second-order valence-electron chi connectivity index (χ2n) is 4.36. The smallest absolute Gasteiger partial charge is 0.225 e. The molecule has 3 rings (SSSR count). The van der Waals surface area contributed by atoms with Crippen molar-refractivity contribution in [3.8, 4) is 0 Å². The number of carbonyl (C=O) groups is 1. The van der Waals surface area contributed by atoms with Crippen LogP contribution in [-0.4, -0.2) is 37.9 Å². The number of hydrogen-bond donors (Lipinski definition) is 1. The molecule has 1 amide bonds. The average molecular weight is 231 g/mol. The molecule has 0 aliphatic carbocycles. The highest BCUT2D eigenvalue weighted by molar-refractivity contribution is 5.79. The van der Waals surface area contributed by atoms with Crippen LogP contribution in [0.3, 0.4) is 0 Å². The van der Waals surface area contributed by atoms with Gasteiger partial charge in [-0.1, -0.05) is 6.07 Å². The van der Waals surface area contributed by atoms with Gasteiger partial charge in [-0.05, 0) is 11.6 Å². The molecule has 88 valence electrons. The van der Waals surface area contributed by atoms with E-state index in [2.05, 4.69) is 4.98 Å². The summed E-state index contributed by atoms with van der Waals surface area (Å²) in [5.74, 6) is 0.0169. The molecular formula is C12H13N3O2. The largest absolute Gasteiger partial charge is 0.391 e. The average Bonchev–Trinajstić information content (AvgIpc) is 2.85. The Morgan fingerprint density at radius 1 is 1.47 bits per heavy atom. The number of likely N-dealkylation sites (tertiary alicyclic amines) is 1. The summed E-state index contributed by atoms with van der Waals surface area (Å²) < 4.78 is 1.92. The number of aliphatic hydroxyl groups is 1. The molecule has 1 aliphatic rings. The zero-order valence-electron chi connectivity index (χ0n) is 9.28. The Morgan fingerprint density at radius 3 is 3.12 bits per heavy atom. The summed E-state index contributed by atoms with van der Waals surface area (Å²) in [5.41, 5.74) is 1.93. The molecule has 1 saturated heterocycles. The standard InChI is InChI=1S/C12H13N3O2/c16-10-5-12(17)15(8-10)7-9-1-2-11-13-3-4-14(11)6-9/h1-4,6,10,16H,5,7-8H2. The number of rotatable bonds is 2. The van der Waals surface area contributed by atoms with Gasteiger partial charge in [-0.25, -0.2) is 4.98 Å². The minimum absolute atomic E-state index is 0.0169. The SMILES string of the molecule is O=C1CC(O)CN1Cc1ccc2nccn2c1. The highest BCUT2D eigenvalue weighted by Crippen LogP contribution is 2.15. The van der Waals surface area contributed by atoms with Gasteiger partial charge in [0.25, 0.3) is 0 Å². The van der Waals surface area contributed by atoms with Crippen molar-refractivity contribution in [3.05, 3.63) is 36.3 Å². The molecule has 1 aliphatic heterocycles. The molecule has 2 aromatic heterocycles. The van der Waals surface area contributed by atoms with E-state index >= 15 is 0 Å². The van der Waals surface area contributed by atoms with Gasteiger partial charge in [0.15, 0.2) is 0 Å². The number of fused-ring (bicyclic) bond motifs is 1. The van der Waals surface area contributed by atoms with Crippen LogP contribution in [0.2, 0.25) is 0 Å². The summed E-state index contributed by atoms with van der Waals surface area (Å²) >= 11 is 0. The molecule has 1 N–H and O–H groups in total. The lowest BCUT2D eigenvalue weighted by atomic mass is 10.2. The van der Waals surface area contributed by atoms with Gasteiger partial charge in [0.1, 0.15) is 5.65 Å². The molecule has 3 heterocycles. The van der Waals surface area contributed by atoms with Crippen LogP contribution in [-0.2, 0) is 11.3 Å². The second kappa shape index (κ2) is 3.85. The molecule has 5 heteroatoms. The van der Waals surface area contributed by atoms with E-state index in [-0.39, 0.29) is 12.3 Å². The maximum Gasteiger partial charge on any atom is 0.225 e. The van der Waals surface area contributed by atoms with Crippen LogP contribution in [0, 0.1) is 0 Å². The highest BCUT2D eigenvalue weighted by atomic mass is 16.3. The number of pyridine rings is 1. The number of β-amino-alcohol motifs (C(OH)–C–C–N with tert-alkyl or cyclic N) is 1. The lowest BCUT2D eigenvalue weighted by molar-refractivity contribution is -0.128. The zero-order valence-corrected chi connectivity index (χ0v) is 9.28. The number of hydrogen-bond acceptors (Lipinski definition) is 3. The summed E-state index contributed by atoms with van der Waals surface area (Å²) in [4.78, 5) is 17.4. The van der Waals surface area contributed by atoms with Crippen LogP contribution in [0.15, 0.2) is 30.7 Å². The molecule has 0 radical (unpaired) electrons. The molecule has 17 heavy (non-hydrogen) atoms. The van der Waals surface area contributed by atoms with Crippen molar-refractivity contribution < 1.29 is 9.90 Å².